The van der Waals surface area contributed by atoms with Crippen LogP contribution in [0, 0.1) is 16.4 Å². The van der Waals surface area contributed by atoms with Crippen molar-refractivity contribution in [2.75, 3.05) is 0 Å². The van der Waals surface area contributed by atoms with Crippen LogP contribution in [0.4, 0.5) is 4.39 Å². The fourth-order valence-electron chi connectivity index (χ4n) is 1.77. The van der Waals surface area contributed by atoms with Crippen molar-refractivity contribution in [1.82, 2.24) is 15.0 Å². The van der Waals surface area contributed by atoms with Crippen molar-refractivity contribution in [2.45, 2.75) is 13.5 Å². The van der Waals surface area contributed by atoms with E-state index >= 15 is 0 Å². The Kier molecular flexibility index (Phi) is 6.91. The van der Waals surface area contributed by atoms with E-state index in [1.165, 1.54) is 12.1 Å². The minimum atomic E-state index is -0.958. The molecule has 3 aromatic rings. The van der Waals surface area contributed by atoms with Crippen LogP contribution in [0.25, 0.3) is 10.7 Å². The van der Waals surface area contributed by atoms with Gasteiger partial charge in [-0.3, -0.25) is 4.98 Å². The van der Waals surface area contributed by atoms with Gasteiger partial charge in [0.25, 0.3) is 0 Å². The van der Waals surface area contributed by atoms with E-state index in [4.69, 9.17) is 10.8 Å². The van der Waals surface area contributed by atoms with Crippen molar-refractivity contribution in [3.8, 4) is 10.7 Å². The van der Waals surface area contributed by atoms with Gasteiger partial charge in [-0.1, -0.05) is 12.1 Å². The minimum Gasteiger partial charge on any atom is -0.477 e. The van der Waals surface area contributed by atoms with Crippen LogP contribution in [0.5, 0.6) is 0 Å². The third-order valence-corrected chi connectivity index (χ3v) is 4.65. The number of aryl methyl sites for hydroxylation is 1. The van der Waals surface area contributed by atoms with Gasteiger partial charge in [-0.15, -0.1) is 11.3 Å². The van der Waals surface area contributed by atoms with E-state index in [-0.39, 0.29) is 10.7 Å². The van der Waals surface area contributed by atoms with Gasteiger partial charge in [0.1, 0.15) is 25.1 Å². The first-order valence-corrected chi connectivity index (χ1v) is 8.93. The van der Waals surface area contributed by atoms with Crippen LogP contribution in [0.1, 0.15) is 20.9 Å². The predicted octanol–water partition coefficient (Wildman–Crippen LogP) is 3.50. The molecule has 130 valence electrons. The Morgan fingerprint density at radius 2 is 1.96 bits per heavy atom. The molecule has 0 amide bonds. The van der Waals surface area contributed by atoms with Gasteiger partial charge >= 0.3 is 5.97 Å². The Labute approximate surface area is 161 Å². The number of carbonyl (C=O) groups is 1. The van der Waals surface area contributed by atoms with E-state index < -0.39 is 5.97 Å². The number of carboxylic acids is 1. The van der Waals surface area contributed by atoms with E-state index in [0.29, 0.717) is 22.9 Å². The van der Waals surface area contributed by atoms with Crippen LogP contribution >= 0.6 is 33.9 Å². The summed E-state index contributed by atoms with van der Waals surface area (Å²) >= 11 is 3.16. The molecule has 9 heteroatoms. The Balaban J connectivity index is 0.000000212. The van der Waals surface area contributed by atoms with Crippen molar-refractivity contribution in [2.24, 2.45) is 5.73 Å². The van der Waals surface area contributed by atoms with E-state index in [2.05, 4.69) is 15.0 Å². The van der Waals surface area contributed by atoms with Gasteiger partial charge in [0.05, 0.1) is 18.1 Å². The average Bonchev–Trinajstić information content (AvgIpc) is 2.98. The molecule has 25 heavy (non-hydrogen) atoms. The molecule has 0 radical (unpaired) electrons. The first kappa shape index (κ1) is 19.3. The van der Waals surface area contributed by atoms with Gasteiger partial charge in [0.15, 0.2) is 0 Å². The highest BCUT2D eigenvalue weighted by atomic mass is 127. The summed E-state index contributed by atoms with van der Waals surface area (Å²) in [5, 5.41) is 9.50. The number of nitrogens with two attached hydrogens (primary N) is 1. The second-order valence-corrected chi connectivity index (χ2v) is 6.90. The van der Waals surface area contributed by atoms with Crippen molar-refractivity contribution >= 4 is 39.9 Å². The number of hydrogen-bond acceptors (Lipinski definition) is 6. The number of aromatic nitrogens is 3. The third-order valence-electron chi connectivity index (χ3n) is 2.96. The van der Waals surface area contributed by atoms with Crippen molar-refractivity contribution in [3.63, 3.8) is 0 Å². The van der Waals surface area contributed by atoms with Crippen LogP contribution < -0.4 is 5.73 Å². The highest BCUT2D eigenvalue weighted by Gasteiger charge is 2.15. The van der Waals surface area contributed by atoms with Gasteiger partial charge in [-0.05, 0) is 47.2 Å². The number of thiazole rings is 1. The first-order valence-electron chi connectivity index (χ1n) is 7.04. The maximum Gasteiger partial charge on any atom is 0.347 e. The maximum absolute atomic E-state index is 12.2. The molecule has 3 N–H and O–H groups in total. The largest absolute Gasteiger partial charge is 0.477 e. The molecule has 0 fully saturated rings. The zero-order valence-corrected chi connectivity index (χ0v) is 16.1. The van der Waals surface area contributed by atoms with E-state index in [1.54, 1.807) is 31.5 Å². The molecule has 0 saturated heterocycles. The molecule has 2 aromatic heterocycles. The Bertz CT molecular complexity index is 871. The predicted molar refractivity (Wildman–Crippen MR) is 102 cm³/mol. The van der Waals surface area contributed by atoms with Gasteiger partial charge in [-0.25, -0.2) is 19.2 Å². The van der Waals surface area contributed by atoms with Crippen LogP contribution in [-0.4, -0.2) is 26.0 Å². The second kappa shape index (κ2) is 8.92. The van der Waals surface area contributed by atoms with Gasteiger partial charge in [-0.2, -0.15) is 0 Å². The zero-order valence-electron chi connectivity index (χ0n) is 13.1. The van der Waals surface area contributed by atoms with Crippen LogP contribution in [0.3, 0.4) is 0 Å². The van der Waals surface area contributed by atoms with Gasteiger partial charge < -0.3 is 10.8 Å². The number of halogens is 2. The lowest BCUT2D eigenvalue weighted by atomic mass is 10.2. The molecule has 0 saturated carbocycles. The molecule has 0 unspecified atom stereocenters. The molecular formula is C16H14FIN4O2S. The topological polar surface area (TPSA) is 102 Å². The van der Waals surface area contributed by atoms with Crippen LogP contribution in [0.2, 0.25) is 0 Å². The maximum atomic E-state index is 12.2. The zero-order chi connectivity index (χ0) is 18.4. The van der Waals surface area contributed by atoms with Gasteiger partial charge in [0.2, 0.25) is 0 Å². The van der Waals surface area contributed by atoms with Crippen molar-refractivity contribution in [3.05, 3.63) is 62.3 Å². The molecule has 0 bridgehead atoms. The lowest BCUT2D eigenvalue weighted by Crippen LogP contribution is -1.94. The van der Waals surface area contributed by atoms with Gasteiger partial charge in [0, 0.05) is 6.54 Å². The molecule has 0 spiro atoms. The third kappa shape index (κ3) is 5.51. The summed E-state index contributed by atoms with van der Waals surface area (Å²) in [6, 6.07) is 6.16. The molecule has 1 aromatic carbocycles. The second-order valence-electron chi connectivity index (χ2n) is 4.80. The fourth-order valence-corrected chi connectivity index (χ4v) is 3.05. The van der Waals surface area contributed by atoms with E-state index in [1.807, 2.05) is 22.6 Å². The van der Waals surface area contributed by atoms with Crippen molar-refractivity contribution in [1.29, 1.82) is 0 Å². The summed E-state index contributed by atoms with van der Waals surface area (Å²) in [5.41, 5.74) is 7.34. The standard InChI is InChI=1S/C9H6IN3O2S.C7H8FN/c1-4-7(9(14)15)16-8(12-4)5-2-11-3-6(10)13-5;8-7-3-1-6(5-9)2-4-7/h2-3H,1H3,(H,14,15);1-4H,5,9H2. The molecule has 2 heterocycles. The summed E-state index contributed by atoms with van der Waals surface area (Å²) in [6.07, 6.45) is 3.20. The van der Waals surface area contributed by atoms with E-state index in [9.17, 15) is 9.18 Å². The molecular weight excluding hydrogens is 458 g/mol. The summed E-state index contributed by atoms with van der Waals surface area (Å²) in [6.45, 7) is 2.14. The number of hydrogen-bond donors (Lipinski definition) is 2. The average molecular weight is 472 g/mol. The lowest BCUT2D eigenvalue weighted by molar-refractivity contribution is 0.0701. The Morgan fingerprint density at radius 3 is 2.48 bits per heavy atom. The first-order chi connectivity index (χ1) is 11.9. The summed E-state index contributed by atoms with van der Waals surface area (Å²) in [7, 11) is 0. The SMILES string of the molecule is Cc1nc(-c2cncc(I)n2)sc1C(=O)O.NCc1ccc(F)cc1. The lowest BCUT2D eigenvalue weighted by Gasteiger charge is -1.94. The molecule has 0 aliphatic heterocycles. The highest BCUT2D eigenvalue weighted by Crippen LogP contribution is 2.26. The summed E-state index contributed by atoms with van der Waals surface area (Å²) in [4.78, 5) is 23.5. The molecule has 3 rings (SSSR count). The van der Waals surface area contributed by atoms with Crippen LogP contribution in [0.15, 0.2) is 36.7 Å². The number of carboxylic acid groups (broad SMARTS) is 1. The number of nitrogens with zero attached hydrogens (tertiary/aromatic N) is 3. The molecule has 0 atom stereocenters. The summed E-state index contributed by atoms with van der Waals surface area (Å²) in [5.74, 6) is -1.17. The number of benzene rings is 1. The number of rotatable bonds is 3. The summed E-state index contributed by atoms with van der Waals surface area (Å²) < 4.78 is 12.9. The Morgan fingerprint density at radius 1 is 1.28 bits per heavy atom. The Hall–Kier alpha value is -1.98. The quantitative estimate of drug-likeness (QED) is 0.566. The number of aromatic carboxylic acids is 1. The van der Waals surface area contributed by atoms with E-state index in [0.717, 1.165) is 20.6 Å². The monoisotopic (exact) mass is 472 g/mol. The smallest absolute Gasteiger partial charge is 0.347 e. The molecule has 0 aliphatic carbocycles. The normalized spacial score (nSPS) is 10.1. The fraction of sp³-hybridized carbons (Fsp3) is 0.125. The molecule has 6 nitrogen and oxygen atoms in total. The highest BCUT2D eigenvalue weighted by molar-refractivity contribution is 14.1. The molecule has 0 aliphatic rings. The van der Waals surface area contributed by atoms with Crippen molar-refractivity contribution < 1.29 is 14.3 Å². The van der Waals surface area contributed by atoms with Crippen LogP contribution in [-0.2, 0) is 6.54 Å². The minimum absolute atomic E-state index is 0.216.